The number of rotatable bonds is 7. The smallest absolute Gasteiger partial charge is 0.221 e. The van der Waals surface area contributed by atoms with E-state index in [2.05, 4.69) is 10.4 Å². The molecule has 0 aliphatic carbocycles. The van der Waals surface area contributed by atoms with E-state index < -0.39 is 0 Å². The summed E-state index contributed by atoms with van der Waals surface area (Å²) >= 11 is 0. The lowest BCUT2D eigenvalue weighted by molar-refractivity contribution is -0.121. The van der Waals surface area contributed by atoms with Crippen molar-refractivity contribution in [3.63, 3.8) is 0 Å². The number of furan rings is 1. The number of methoxy groups -OCH3 is 1. The average molecular weight is 313 g/mol. The van der Waals surface area contributed by atoms with Gasteiger partial charge in [0, 0.05) is 24.8 Å². The molecule has 6 heteroatoms. The van der Waals surface area contributed by atoms with Crippen LogP contribution in [-0.4, -0.2) is 29.3 Å². The number of aryl methyl sites for hydroxylation is 1. The Labute approximate surface area is 134 Å². The Morgan fingerprint density at radius 2 is 2.30 bits per heavy atom. The zero-order valence-corrected chi connectivity index (χ0v) is 13.0. The number of hydrogen-bond donors (Lipinski definition) is 1. The number of amides is 1. The Bertz CT molecular complexity index is 778. The third-order valence-electron chi connectivity index (χ3n) is 3.67. The number of carbonyl (C=O) groups is 1. The molecule has 0 radical (unpaired) electrons. The number of benzene rings is 1. The maximum atomic E-state index is 11.9. The summed E-state index contributed by atoms with van der Waals surface area (Å²) in [6.45, 7) is 1.12. The summed E-state index contributed by atoms with van der Waals surface area (Å²) in [6, 6.07) is 9.52. The van der Waals surface area contributed by atoms with E-state index >= 15 is 0 Å². The number of aromatic nitrogens is 2. The molecular formula is C17H19N3O3. The molecule has 3 rings (SSSR count). The first-order chi connectivity index (χ1) is 11.3. The summed E-state index contributed by atoms with van der Waals surface area (Å²) in [5.41, 5.74) is 0.995. The molecule has 1 aromatic carbocycles. The van der Waals surface area contributed by atoms with Crippen LogP contribution in [0.2, 0.25) is 0 Å². The minimum atomic E-state index is 0.00807. The van der Waals surface area contributed by atoms with E-state index in [9.17, 15) is 4.79 Å². The first-order valence-electron chi connectivity index (χ1n) is 7.55. The minimum absolute atomic E-state index is 0.00807. The van der Waals surface area contributed by atoms with Crippen LogP contribution in [-0.2, 0) is 17.8 Å². The van der Waals surface area contributed by atoms with Crippen LogP contribution in [0.1, 0.15) is 12.2 Å². The first kappa shape index (κ1) is 15.1. The van der Waals surface area contributed by atoms with Crippen molar-refractivity contribution in [2.24, 2.45) is 0 Å². The van der Waals surface area contributed by atoms with Gasteiger partial charge in [-0.15, -0.1) is 0 Å². The summed E-state index contributed by atoms with van der Waals surface area (Å²) in [5, 5.41) is 8.22. The van der Waals surface area contributed by atoms with E-state index in [0.717, 1.165) is 22.4 Å². The maximum Gasteiger partial charge on any atom is 0.221 e. The highest BCUT2D eigenvalue weighted by Gasteiger charge is 2.07. The van der Waals surface area contributed by atoms with Crippen molar-refractivity contribution in [1.82, 2.24) is 15.1 Å². The highest BCUT2D eigenvalue weighted by atomic mass is 16.5. The molecule has 0 saturated carbocycles. The van der Waals surface area contributed by atoms with Crippen molar-refractivity contribution in [3.8, 4) is 5.75 Å². The fourth-order valence-corrected chi connectivity index (χ4v) is 2.45. The summed E-state index contributed by atoms with van der Waals surface area (Å²) in [5.74, 6) is 1.68. The van der Waals surface area contributed by atoms with E-state index in [1.807, 2.05) is 35.0 Å². The van der Waals surface area contributed by atoms with Crippen molar-refractivity contribution < 1.29 is 13.9 Å². The van der Waals surface area contributed by atoms with Crippen LogP contribution in [0.15, 0.2) is 47.2 Å². The number of fused-ring (bicyclic) bond motifs is 1. The van der Waals surface area contributed by atoms with Gasteiger partial charge >= 0.3 is 0 Å². The molecule has 1 amide bonds. The summed E-state index contributed by atoms with van der Waals surface area (Å²) in [7, 11) is 1.64. The van der Waals surface area contributed by atoms with Crippen molar-refractivity contribution in [2.45, 2.75) is 19.4 Å². The van der Waals surface area contributed by atoms with Crippen LogP contribution < -0.4 is 10.1 Å². The Morgan fingerprint density at radius 1 is 1.39 bits per heavy atom. The maximum absolute atomic E-state index is 11.9. The number of hydrogen-bond acceptors (Lipinski definition) is 4. The second-order valence-corrected chi connectivity index (χ2v) is 5.22. The van der Waals surface area contributed by atoms with Crippen LogP contribution in [0.3, 0.4) is 0 Å². The third-order valence-corrected chi connectivity index (χ3v) is 3.67. The van der Waals surface area contributed by atoms with E-state index in [1.165, 1.54) is 0 Å². The second-order valence-electron chi connectivity index (χ2n) is 5.22. The summed E-state index contributed by atoms with van der Waals surface area (Å²) < 4.78 is 12.3. The molecular weight excluding hydrogens is 294 g/mol. The van der Waals surface area contributed by atoms with E-state index in [4.69, 9.17) is 9.15 Å². The van der Waals surface area contributed by atoms with E-state index in [-0.39, 0.29) is 5.91 Å². The number of nitrogens with one attached hydrogen (secondary N) is 1. The van der Waals surface area contributed by atoms with Gasteiger partial charge in [-0.2, -0.15) is 5.10 Å². The predicted molar refractivity (Wildman–Crippen MR) is 86.3 cm³/mol. The highest BCUT2D eigenvalue weighted by Crippen LogP contribution is 2.20. The topological polar surface area (TPSA) is 69.3 Å². The van der Waals surface area contributed by atoms with E-state index in [0.29, 0.717) is 25.9 Å². The quantitative estimate of drug-likeness (QED) is 0.727. The largest absolute Gasteiger partial charge is 0.497 e. The molecule has 0 atom stereocenters. The molecule has 0 aliphatic heterocycles. The second kappa shape index (κ2) is 7.00. The van der Waals surface area contributed by atoms with Gasteiger partial charge < -0.3 is 14.5 Å². The lowest BCUT2D eigenvalue weighted by atomic mass is 10.2. The molecule has 120 valence electrons. The molecule has 0 bridgehead atoms. The Balaban J connectivity index is 1.50. The van der Waals surface area contributed by atoms with Gasteiger partial charge in [0.1, 0.15) is 11.5 Å². The van der Waals surface area contributed by atoms with Crippen molar-refractivity contribution in [2.75, 3.05) is 13.7 Å². The molecule has 6 nitrogen and oxygen atoms in total. The van der Waals surface area contributed by atoms with Crippen LogP contribution >= 0.6 is 0 Å². The molecule has 23 heavy (non-hydrogen) atoms. The fraction of sp³-hybridized carbons (Fsp3) is 0.294. The Morgan fingerprint density at radius 3 is 3.09 bits per heavy atom. The Kier molecular flexibility index (Phi) is 4.61. The van der Waals surface area contributed by atoms with Gasteiger partial charge in [0.25, 0.3) is 0 Å². The Hall–Kier alpha value is -2.76. The van der Waals surface area contributed by atoms with Gasteiger partial charge in [-0.3, -0.25) is 9.48 Å². The fourth-order valence-electron chi connectivity index (χ4n) is 2.45. The number of nitrogens with zero attached hydrogens (tertiary/aromatic N) is 2. The van der Waals surface area contributed by atoms with Crippen LogP contribution in [0.25, 0.3) is 10.9 Å². The molecule has 3 aromatic rings. The van der Waals surface area contributed by atoms with Gasteiger partial charge in [-0.05, 0) is 30.3 Å². The van der Waals surface area contributed by atoms with Crippen molar-refractivity contribution >= 4 is 16.8 Å². The van der Waals surface area contributed by atoms with Gasteiger partial charge in [-0.1, -0.05) is 0 Å². The molecule has 1 N–H and O–H groups in total. The SMILES string of the molecule is COc1ccc2c(cnn2CCC(=O)NCCc2ccco2)c1. The lowest BCUT2D eigenvalue weighted by Gasteiger charge is -2.06. The predicted octanol–water partition coefficient (Wildman–Crippen LogP) is 2.39. The van der Waals surface area contributed by atoms with E-state index in [1.54, 1.807) is 19.6 Å². The van der Waals surface area contributed by atoms with Gasteiger partial charge in [-0.25, -0.2) is 0 Å². The standard InChI is InChI=1S/C17H19N3O3/c1-22-15-4-5-16-13(11-15)12-19-20(16)9-7-17(21)18-8-6-14-3-2-10-23-14/h2-5,10-12H,6-9H2,1H3,(H,18,21). The monoisotopic (exact) mass is 313 g/mol. The number of carbonyl (C=O) groups excluding carboxylic acids is 1. The summed E-state index contributed by atoms with van der Waals surface area (Å²) in [6.07, 6.45) is 4.51. The summed E-state index contributed by atoms with van der Waals surface area (Å²) in [4.78, 5) is 11.9. The average Bonchev–Trinajstić information content (AvgIpc) is 3.21. The molecule has 0 fully saturated rings. The van der Waals surface area contributed by atoms with Gasteiger partial charge in [0.15, 0.2) is 0 Å². The van der Waals surface area contributed by atoms with Crippen molar-refractivity contribution in [3.05, 3.63) is 48.6 Å². The number of ether oxygens (including phenoxy) is 1. The zero-order valence-electron chi connectivity index (χ0n) is 13.0. The van der Waals surface area contributed by atoms with Crippen LogP contribution in [0.4, 0.5) is 0 Å². The highest BCUT2D eigenvalue weighted by molar-refractivity contribution is 5.80. The molecule has 0 spiro atoms. The molecule has 0 unspecified atom stereocenters. The molecule has 0 saturated heterocycles. The van der Waals surface area contributed by atoms with Gasteiger partial charge in [0.2, 0.25) is 5.91 Å². The van der Waals surface area contributed by atoms with Crippen molar-refractivity contribution in [1.29, 1.82) is 0 Å². The molecule has 2 heterocycles. The lowest BCUT2D eigenvalue weighted by Crippen LogP contribution is -2.26. The normalized spacial score (nSPS) is 10.8. The molecule has 2 aromatic heterocycles. The first-order valence-corrected chi connectivity index (χ1v) is 7.55. The zero-order chi connectivity index (χ0) is 16.1. The van der Waals surface area contributed by atoms with Crippen LogP contribution in [0.5, 0.6) is 5.75 Å². The molecule has 0 aliphatic rings. The minimum Gasteiger partial charge on any atom is -0.497 e. The van der Waals surface area contributed by atoms with Crippen LogP contribution in [0, 0.1) is 0 Å². The van der Waals surface area contributed by atoms with Gasteiger partial charge in [0.05, 0.1) is 31.6 Å². The third kappa shape index (κ3) is 3.71.